The third kappa shape index (κ3) is 1.44. The summed E-state index contributed by atoms with van der Waals surface area (Å²) in [6.07, 6.45) is 2.35. The number of nitrogens with zero attached hydrogens (tertiary/aromatic N) is 3. The van der Waals surface area contributed by atoms with Gasteiger partial charge in [0.05, 0.1) is 11.4 Å². The highest BCUT2D eigenvalue weighted by atomic mass is 79.9. The fraction of sp³-hybridized carbons (Fsp3) is 0.600. The summed E-state index contributed by atoms with van der Waals surface area (Å²) in [7, 11) is 0. The molecule has 0 amide bonds. The van der Waals surface area contributed by atoms with Gasteiger partial charge < -0.3 is 0 Å². The molecule has 0 radical (unpaired) electrons. The topological polar surface area (TPSA) is 30.2 Å². The summed E-state index contributed by atoms with van der Waals surface area (Å²) in [6, 6.07) is 0. The third-order valence-corrected chi connectivity index (χ3v) is 4.40. The maximum atomic E-state index is 4.66. The molecule has 0 saturated heterocycles. The number of imidazole rings is 1. The van der Waals surface area contributed by atoms with Crippen molar-refractivity contribution in [2.75, 3.05) is 0 Å². The Bertz CT molecular complexity index is 516. The monoisotopic (exact) mass is 285 g/mol. The van der Waals surface area contributed by atoms with Gasteiger partial charge in [-0.2, -0.15) is 0 Å². The number of aromatic nitrogens is 3. The van der Waals surface area contributed by atoms with Gasteiger partial charge in [-0.1, -0.05) is 25.2 Å². The molecule has 2 aromatic rings. The molecule has 3 rings (SSSR count). The van der Waals surface area contributed by atoms with E-state index in [1.165, 1.54) is 17.8 Å². The fourth-order valence-electron chi connectivity index (χ4n) is 2.55. The first-order valence-electron chi connectivity index (χ1n) is 5.19. The van der Waals surface area contributed by atoms with Gasteiger partial charge >= 0.3 is 0 Å². The van der Waals surface area contributed by atoms with Gasteiger partial charge in [0.2, 0.25) is 4.96 Å². The van der Waals surface area contributed by atoms with Crippen molar-refractivity contribution in [3.63, 3.8) is 0 Å². The van der Waals surface area contributed by atoms with Crippen molar-refractivity contribution in [3.05, 3.63) is 15.3 Å². The molecule has 5 heteroatoms. The van der Waals surface area contributed by atoms with Gasteiger partial charge in [0.25, 0.3) is 0 Å². The largest absolute Gasteiger partial charge is 0.222 e. The molecule has 2 atom stereocenters. The number of hydrogen-bond donors (Lipinski definition) is 0. The molecule has 2 heterocycles. The number of rotatable bonds is 0. The fourth-order valence-corrected chi connectivity index (χ4v) is 3.80. The zero-order valence-electron chi connectivity index (χ0n) is 8.70. The molecule has 0 N–H and O–H groups in total. The second kappa shape index (κ2) is 3.28. The van der Waals surface area contributed by atoms with Crippen LogP contribution in [0.1, 0.15) is 37.6 Å². The van der Waals surface area contributed by atoms with Crippen LogP contribution >= 0.6 is 27.3 Å². The summed E-state index contributed by atoms with van der Waals surface area (Å²) in [5.41, 5.74) is 2.58. The van der Waals surface area contributed by atoms with Crippen molar-refractivity contribution in [2.45, 2.75) is 32.6 Å². The van der Waals surface area contributed by atoms with E-state index in [9.17, 15) is 0 Å². The molecule has 0 spiro atoms. The van der Waals surface area contributed by atoms with E-state index in [4.69, 9.17) is 0 Å². The highest BCUT2D eigenvalue weighted by Crippen LogP contribution is 2.36. The molecule has 0 fully saturated rings. The SMILES string of the molecule is CC1Cc2nc3sc(Br)nn3c2C(C)C1. The Balaban J connectivity index is 2.24. The molecule has 2 aromatic heterocycles. The van der Waals surface area contributed by atoms with E-state index in [-0.39, 0.29) is 0 Å². The van der Waals surface area contributed by atoms with Crippen LogP contribution in [-0.2, 0) is 6.42 Å². The number of hydrogen-bond acceptors (Lipinski definition) is 3. The van der Waals surface area contributed by atoms with Crippen molar-refractivity contribution < 1.29 is 0 Å². The first kappa shape index (κ1) is 9.78. The van der Waals surface area contributed by atoms with E-state index in [0.717, 1.165) is 21.2 Å². The minimum atomic E-state index is 0.577. The van der Waals surface area contributed by atoms with Crippen LogP contribution in [0.2, 0.25) is 0 Å². The minimum Gasteiger partial charge on any atom is -0.222 e. The summed E-state index contributed by atoms with van der Waals surface area (Å²) in [5.74, 6) is 1.33. The molecule has 0 bridgehead atoms. The van der Waals surface area contributed by atoms with Crippen molar-refractivity contribution in [1.82, 2.24) is 14.6 Å². The zero-order valence-corrected chi connectivity index (χ0v) is 11.1. The second-order valence-corrected chi connectivity index (χ2v) is 6.67. The molecular formula is C10H12BrN3S. The van der Waals surface area contributed by atoms with Crippen molar-refractivity contribution in [3.8, 4) is 0 Å². The van der Waals surface area contributed by atoms with Gasteiger partial charge in [0, 0.05) is 5.92 Å². The van der Waals surface area contributed by atoms with E-state index < -0.39 is 0 Å². The molecule has 0 aromatic carbocycles. The van der Waals surface area contributed by atoms with Crippen LogP contribution in [0.4, 0.5) is 0 Å². The first-order valence-corrected chi connectivity index (χ1v) is 6.80. The van der Waals surface area contributed by atoms with E-state index in [0.29, 0.717) is 5.92 Å². The highest BCUT2D eigenvalue weighted by Gasteiger charge is 2.27. The van der Waals surface area contributed by atoms with Crippen LogP contribution in [0.5, 0.6) is 0 Å². The molecule has 0 aliphatic heterocycles. The lowest BCUT2D eigenvalue weighted by Crippen LogP contribution is -2.16. The zero-order chi connectivity index (χ0) is 10.6. The Labute approximate surface area is 101 Å². The standard InChI is InChI=1S/C10H12BrN3S/c1-5-3-6(2)8-7(4-5)12-10-14(8)13-9(11)15-10/h5-6H,3-4H2,1-2H3. The van der Waals surface area contributed by atoms with Gasteiger partial charge in [-0.25, -0.2) is 9.50 Å². The molecule has 1 aliphatic carbocycles. The quantitative estimate of drug-likeness (QED) is 0.744. The van der Waals surface area contributed by atoms with Crippen LogP contribution in [0.15, 0.2) is 3.92 Å². The normalized spacial score (nSPS) is 25.8. The Morgan fingerprint density at radius 1 is 1.47 bits per heavy atom. The van der Waals surface area contributed by atoms with E-state index in [1.54, 1.807) is 11.3 Å². The minimum absolute atomic E-state index is 0.577. The average Bonchev–Trinajstić information content (AvgIpc) is 2.58. The molecule has 15 heavy (non-hydrogen) atoms. The molecule has 0 saturated carbocycles. The first-order chi connectivity index (χ1) is 7.15. The molecule has 80 valence electrons. The Morgan fingerprint density at radius 3 is 3.07 bits per heavy atom. The van der Waals surface area contributed by atoms with Gasteiger partial charge in [0.15, 0.2) is 3.92 Å². The van der Waals surface area contributed by atoms with Gasteiger partial charge in [0.1, 0.15) is 0 Å². The highest BCUT2D eigenvalue weighted by molar-refractivity contribution is 9.11. The van der Waals surface area contributed by atoms with Crippen LogP contribution in [-0.4, -0.2) is 14.6 Å². The molecular weight excluding hydrogens is 274 g/mol. The number of halogens is 1. The maximum Gasteiger partial charge on any atom is 0.213 e. The van der Waals surface area contributed by atoms with E-state index >= 15 is 0 Å². The predicted molar refractivity (Wildman–Crippen MR) is 64.5 cm³/mol. The molecule has 1 aliphatic rings. The van der Waals surface area contributed by atoms with E-state index in [2.05, 4.69) is 39.9 Å². The Morgan fingerprint density at radius 2 is 2.27 bits per heavy atom. The summed E-state index contributed by atoms with van der Waals surface area (Å²) in [6.45, 7) is 4.58. The Hall–Kier alpha value is -0.420. The number of fused-ring (bicyclic) bond motifs is 3. The van der Waals surface area contributed by atoms with Crippen molar-refractivity contribution in [2.24, 2.45) is 5.92 Å². The summed E-state index contributed by atoms with van der Waals surface area (Å²) in [5, 5.41) is 4.45. The van der Waals surface area contributed by atoms with E-state index in [1.807, 2.05) is 4.52 Å². The average molecular weight is 286 g/mol. The Kier molecular flexibility index (Phi) is 2.14. The lowest BCUT2D eigenvalue weighted by atomic mass is 9.84. The summed E-state index contributed by atoms with van der Waals surface area (Å²) < 4.78 is 2.93. The van der Waals surface area contributed by atoms with Gasteiger partial charge in [-0.05, 0) is 34.7 Å². The van der Waals surface area contributed by atoms with Crippen LogP contribution in [0, 0.1) is 5.92 Å². The lowest BCUT2D eigenvalue weighted by Gasteiger charge is -2.22. The second-order valence-electron chi connectivity index (χ2n) is 4.44. The predicted octanol–water partition coefficient (Wildman–Crippen LogP) is 3.24. The van der Waals surface area contributed by atoms with Gasteiger partial charge in [-0.3, -0.25) is 0 Å². The summed E-state index contributed by atoms with van der Waals surface area (Å²) in [4.78, 5) is 5.69. The van der Waals surface area contributed by atoms with Gasteiger partial charge in [-0.15, -0.1) is 5.10 Å². The van der Waals surface area contributed by atoms with Crippen molar-refractivity contribution in [1.29, 1.82) is 0 Å². The van der Waals surface area contributed by atoms with Crippen molar-refractivity contribution >= 4 is 32.2 Å². The summed E-state index contributed by atoms with van der Waals surface area (Å²) >= 11 is 5.02. The van der Waals surface area contributed by atoms with Crippen LogP contribution in [0.25, 0.3) is 4.96 Å². The third-order valence-electron chi connectivity index (χ3n) is 3.05. The van der Waals surface area contributed by atoms with Crippen LogP contribution < -0.4 is 0 Å². The molecule has 2 unspecified atom stereocenters. The van der Waals surface area contributed by atoms with Crippen LogP contribution in [0.3, 0.4) is 0 Å². The molecule has 3 nitrogen and oxygen atoms in total. The lowest BCUT2D eigenvalue weighted by molar-refractivity contribution is 0.434. The maximum absolute atomic E-state index is 4.66. The smallest absolute Gasteiger partial charge is 0.213 e.